The Balaban J connectivity index is 1.32. The van der Waals surface area contributed by atoms with Crippen LogP contribution in [0.3, 0.4) is 0 Å². The van der Waals surface area contributed by atoms with Crippen molar-refractivity contribution in [2.24, 2.45) is 0 Å². The number of likely N-dealkylation sites (tertiary alicyclic amines) is 1. The van der Waals surface area contributed by atoms with Gasteiger partial charge in [-0.3, -0.25) is 4.79 Å². The third-order valence-electron chi connectivity index (χ3n) is 5.43. The molecule has 1 aromatic heterocycles. The molecule has 1 aliphatic heterocycles. The van der Waals surface area contributed by atoms with Crippen molar-refractivity contribution in [2.75, 3.05) is 19.7 Å². The number of para-hydroxylation sites is 1. The van der Waals surface area contributed by atoms with Gasteiger partial charge in [0, 0.05) is 37.9 Å². The van der Waals surface area contributed by atoms with Crippen molar-refractivity contribution in [3.8, 4) is 5.75 Å². The average Bonchev–Trinajstić information content (AvgIpc) is 3.29. The molecule has 1 saturated heterocycles. The molecule has 0 spiro atoms. The number of hydrogen-bond donors (Lipinski definition) is 0. The van der Waals surface area contributed by atoms with E-state index in [1.54, 1.807) is 0 Å². The van der Waals surface area contributed by atoms with E-state index in [1.807, 2.05) is 41.3 Å². The Bertz CT molecular complexity index is 882. The van der Waals surface area contributed by atoms with Crippen LogP contribution in [0.25, 0.3) is 0 Å². The first-order valence-corrected chi connectivity index (χ1v) is 9.94. The van der Waals surface area contributed by atoms with Crippen molar-refractivity contribution >= 4 is 5.91 Å². The fourth-order valence-corrected chi connectivity index (χ4v) is 3.84. The average molecular weight is 374 g/mol. The molecule has 0 unspecified atom stereocenters. The predicted molar refractivity (Wildman–Crippen MR) is 110 cm³/mol. The lowest BCUT2D eigenvalue weighted by atomic mass is 10.0. The van der Waals surface area contributed by atoms with Crippen molar-refractivity contribution in [1.29, 1.82) is 0 Å². The second kappa shape index (κ2) is 8.79. The molecule has 0 saturated carbocycles. The minimum atomic E-state index is 0.0699. The van der Waals surface area contributed by atoms with Crippen LogP contribution < -0.4 is 4.74 Å². The van der Waals surface area contributed by atoms with Gasteiger partial charge in [0.15, 0.2) is 6.61 Å². The summed E-state index contributed by atoms with van der Waals surface area (Å²) in [5, 5.41) is 0. The van der Waals surface area contributed by atoms with Gasteiger partial charge in [0.25, 0.3) is 5.91 Å². The maximum Gasteiger partial charge on any atom is 0.260 e. The quantitative estimate of drug-likeness (QED) is 0.644. The van der Waals surface area contributed by atoms with Crippen molar-refractivity contribution < 1.29 is 9.53 Å². The zero-order valence-electron chi connectivity index (χ0n) is 16.0. The van der Waals surface area contributed by atoms with E-state index in [1.165, 1.54) is 5.56 Å². The van der Waals surface area contributed by atoms with Crippen LogP contribution in [-0.4, -0.2) is 35.1 Å². The highest BCUT2D eigenvalue weighted by molar-refractivity contribution is 5.77. The first kappa shape index (κ1) is 18.4. The fraction of sp³-hybridized carbons (Fsp3) is 0.292. The Morgan fingerprint density at radius 3 is 2.32 bits per heavy atom. The van der Waals surface area contributed by atoms with Crippen LogP contribution in [0.15, 0.2) is 79.1 Å². The molecule has 4 heteroatoms. The number of amides is 1. The summed E-state index contributed by atoms with van der Waals surface area (Å²) in [7, 11) is 0. The van der Waals surface area contributed by atoms with Gasteiger partial charge in [-0.2, -0.15) is 0 Å². The maximum atomic E-state index is 12.6. The lowest BCUT2D eigenvalue weighted by Crippen LogP contribution is -2.41. The Kier molecular flexibility index (Phi) is 5.76. The van der Waals surface area contributed by atoms with Crippen molar-refractivity contribution in [3.05, 3.63) is 90.3 Å². The maximum absolute atomic E-state index is 12.6. The van der Waals surface area contributed by atoms with Gasteiger partial charge in [0.05, 0.1) is 0 Å². The number of benzene rings is 2. The highest BCUT2D eigenvalue weighted by Crippen LogP contribution is 2.24. The number of piperidine rings is 1. The van der Waals surface area contributed by atoms with Crippen LogP contribution in [0.2, 0.25) is 0 Å². The van der Waals surface area contributed by atoms with Gasteiger partial charge in [0.1, 0.15) is 5.75 Å². The molecule has 0 bridgehead atoms. The van der Waals surface area contributed by atoms with Gasteiger partial charge in [-0.15, -0.1) is 0 Å². The topological polar surface area (TPSA) is 34.5 Å². The summed E-state index contributed by atoms with van der Waals surface area (Å²) in [4.78, 5) is 14.6. The second-order valence-electron chi connectivity index (χ2n) is 7.30. The lowest BCUT2D eigenvalue weighted by Gasteiger charge is -2.32. The highest BCUT2D eigenvalue weighted by Gasteiger charge is 2.23. The molecule has 4 rings (SSSR count). The molecule has 0 aliphatic carbocycles. The monoisotopic (exact) mass is 374 g/mol. The summed E-state index contributed by atoms with van der Waals surface area (Å²) in [6.07, 6.45) is 6.99. The summed E-state index contributed by atoms with van der Waals surface area (Å²) >= 11 is 0. The standard InChI is InChI=1S/C24H26N2O2/c27-24(26-16-12-22(13-17-26)25-14-6-7-15-25)19-28-23-11-5-4-10-21(23)18-20-8-2-1-3-9-20/h1-11,14-15,22H,12-13,16-19H2. The van der Waals surface area contributed by atoms with Crippen LogP contribution >= 0.6 is 0 Å². The molecule has 1 aliphatic rings. The molecule has 2 heterocycles. The molecular weight excluding hydrogens is 348 g/mol. The fourth-order valence-electron chi connectivity index (χ4n) is 3.84. The number of rotatable bonds is 6. The molecule has 0 atom stereocenters. The second-order valence-corrected chi connectivity index (χ2v) is 7.30. The minimum absolute atomic E-state index is 0.0699. The Morgan fingerprint density at radius 2 is 1.57 bits per heavy atom. The predicted octanol–water partition coefficient (Wildman–Crippen LogP) is 4.32. The van der Waals surface area contributed by atoms with Gasteiger partial charge < -0.3 is 14.2 Å². The molecule has 28 heavy (non-hydrogen) atoms. The van der Waals surface area contributed by atoms with E-state index in [9.17, 15) is 4.79 Å². The third-order valence-corrected chi connectivity index (χ3v) is 5.43. The number of aromatic nitrogens is 1. The number of ether oxygens (including phenoxy) is 1. The van der Waals surface area contributed by atoms with Gasteiger partial charge in [-0.1, -0.05) is 48.5 Å². The molecule has 3 aromatic rings. The van der Waals surface area contributed by atoms with Crippen LogP contribution in [0, 0.1) is 0 Å². The summed E-state index contributed by atoms with van der Waals surface area (Å²) in [6.45, 7) is 1.67. The Morgan fingerprint density at radius 1 is 0.893 bits per heavy atom. The van der Waals surface area contributed by atoms with E-state index in [4.69, 9.17) is 4.74 Å². The van der Waals surface area contributed by atoms with E-state index in [-0.39, 0.29) is 12.5 Å². The molecule has 144 valence electrons. The summed E-state index contributed by atoms with van der Waals surface area (Å²) < 4.78 is 8.18. The lowest BCUT2D eigenvalue weighted by molar-refractivity contribution is -0.134. The number of carbonyl (C=O) groups excluding carboxylic acids is 1. The number of hydrogen-bond acceptors (Lipinski definition) is 2. The Labute approximate surface area is 166 Å². The molecule has 2 aromatic carbocycles. The van der Waals surface area contributed by atoms with Gasteiger partial charge in [-0.25, -0.2) is 0 Å². The summed E-state index contributed by atoms with van der Waals surface area (Å²) in [5.41, 5.74) is 2.34. The summed E-state index contributed by atoms with van der Waals surface area (Å²) in [5.74, 6) is 0.863. The van der Waals surface area contributed by atoms with E-state index < -0.39 is 0 Å². The number of nitrogens with zero attached hydrogens (tertiary/aromatic N) is 2. The largest absolute Gasteiger partial charge is 0.483 e. The highest BCUT2D eigenvalue weighted by atomic mass is 16.5. The van der Waals surface area contributed by atoms with Crippen molar-refractivity contribution in [1.82, 2.24) is 9.47 Å². The van der Waals surface area contributed by atoms with E-state index in [0.29, 0.717) is 6.04 Å². The first-order chi connectivity index (χ1) is 13.8. The van der Waals surface area contributed by atoms with E-state index in [0.717, 1.165) is 43.7 Å². The number of carbonyl (C=O) groups is 1. The molecule has 1 fully saturated rings. The zero-order valence-corrected chi connectivity index (χ0v) is 16.0. The molecule has 0 N–H and O–H groups in total. The van der Waals surface area contributed by atoms with Crippen molar-refractivity contribution in [2.45, 2.75) is 25.3 Å². The minimum Gasteiger partial charge on any atom is -0.483 e. The molecule has 0 radical (unpaired) electrons. The van der Waals surface area contributed by atoms with Crippen LogP contribution in [0.4, 0.5) is 0 Å². The molecule has 4 nitrogen and oxygen atoms in total. The molecular formula is C24H26N2O2. The van der Waals surface area contributed by atoms with Crippen LogP contribution in [-0.2, 0) is 11.2 Å². The SMILES string of the molecule is O=C(COc1ccccc1Cc1ccccc1)N1CCC(n2cccc2)CC1. The van der Waals surface area contributed by atoms with Gasteiger partial charge in [0.2, 0.25) is 0 Å². The first-order valence-electron chi connectivity index (χ1n) is 9.94. The van der Waals surface area contributed by atoms with Crippen molar-refractivity contribution in [3.63, 3.8) is 0 Å². The molecule has 1 amide bonds. The van der Waals surface area contributed by atoms with E-state index in [2.05, 4.69) is 47.3 Å². The van der Waals surface area contributed by atoms with Crippen LogP contribution in [0.1, 0.15) is 30.0 Å². The smallest absolute Gasteiger partial charge is 0.260 e. The van der Waals surface area contributed by atoms with E-state index >= 15 is 0 Å². The normalized spacial score (nSPS) is 14.8. The zero-order chi connectivity index (χ0) is 19.2. The summed E-state index contributed by atoms with van der Waals surface area (Å²) in [6, 6.07) is 22.9. The third kappa shape index (κ3) is 4.45. The van der Waals surface area contributed by atoms with Crippen LogP contribution in [0.5, 0.6) is 5.75 Å². The Hall–Kier alpha value is -3.01. The van der Waals surface area contributed by atoms with Gasteiger partial charge >= 0.3 is 0 Å². The van der Waals surface area contributed by atoms with Gasteiger partial charge in [-0.05, 0) is 42.2 Å².